The second-order valence-corrected chi connectivity index (χ2v) is 1.77. The van der Waals surface area contributed by atoms with Crippen molar-refractivity contribution in [2.75, 3.05) is 6.54 Å². The molecule has 4 nitrogen and oxygen atoms in total. The van der Waals surface area contributed by atoms with Gasteiger partial charge in [0.2, 0.25) is 0 Å². The Morgan fingerprint density at radius 3 is 2.44 bits per heavy atom. The van der Waals surface area contributed by atoms with Crippen molar-refractivity contribution in [3.8, 4) is 0 Å². The molecular weight excluding hydrogens is 122 g/mol. The Balaban J connectivity index is 2.65. The van der Waals surface area contributed by atoms with E-state index in [9.17, 15) is 14.7 Å². The monoisotopic (exact) mass is 126 g/mol. The molecule has 9 heavy (non-hydrogen) atoms. The quantitative estimate of drug-likeness (QED) is 0.468. The molecule has 0 saturated heterocycles. The highest BCUT2D eigenvalue weighted by Crippen LogP contribution is 1.99. The molecule has 1 aliphatic heterocycles. The maximum atomic E-state index is 10.4. The fourth-order valence-corrected chi connectivity index (χ4v) is 0.619. The van der Waals surface area contributed by atoms with Gasteiger partial charge in [0.25, 0.3) is 0 Å². The lowest BCUT2D eigenvalue weighted by Gasteiger charge is -1.80. The molecule has 4 heteroatoms. The van der Waals surface area contributed by atoms with E-state index in [0.717, 1.165) is 0 Å². The zero-order valence-electron chi connectivity index (χ0n) is 4.59. The van der Waals surface area contributed by atoms with Crippen molar-refractivity contribution < 1.29 is 14.7 Å². The predicted molar refractivity (Wildman–Crippen MR) is 27.6 cm³/mol. The van der Waals surface area contributed by atoms with E-state index in [2.05, 4.69) is 4.99 Å². The lowest BCUT2D eigenvalue weighted by Crippen LogP contribution is -2.09. The first-order chi connectivity index (χ1) is 4.20. The first-order valence-electron chi connectivity index (χ1n) is 2.46. The Kier molecular flexibility index (Phi) is 1.30. The molecule has 0 unspecified atom stereocenters. The number of nitrogens with zero attached hydrogens (tertiary/aromatic N) is 1. The van der Waals surface area contributed by atoms with Gasteiger partial charge in [-0.1, -0.05) is 0 Å². The van der Waals surface area contributed by atoms with Gasteiger partial charge in [0.15, 0.2) is 5.78 Å². The van der Waals surface area contributed by atoms with E-state index in [1.165, 1.54) is 0 Å². The fourth-order valence-electron chi connectivity index (χ4n) is 0.619. The molecule has 1 rings (SSSR count). The lowest BCUT2D eigenvalue weighted by molar-refractivity contribution is -0.135. The maximum Gasteiger partial charge on any atom is 0.400 e. The predicted octanol–water partition coefficient (Wildman–Crippen LogP) is -0.643. The van der Waals surface area contributed by atoms with Gasteiger partial charge in [0.05, 0.1) is 13.0 Å². The summed E-state index contributed by atoms with van der Waals surface area (Å²) in [5.41, 5.74) is -0.125. The van der Waals surface area contributed by atoms with Crippen LogP contribution in [-0.2, 0) is 14.7 Å². The van der Waals surface area contributed by atoms with Crippen molar-refractivity contribution in [1.29, 1.82) is 0 Å². The largest absolute Gasteiger partial charge is 0.400 e. The van der Waals surface area contributed by atoms with E-state index in [4.69, 9.17) is 0 Å². The van der Waals surface area contributed by atoms with E-state index in [1.807, 2.05) is 0 Å². The summed E-state index contributed by atoms with van der Waals surface area (Å²) in [7, 11) is 0. The number of aliphatic imine (C=N–C) groups is 1. The van der Waals surface area contributed by atoms with Crippen LogP contribution in [0.1, 0.15) is 6.42 Å². The number of ketones is 1. The average molecular weight is 126 g/mol. The first-order valence-corrected chi connectivity index (χ1v) is 2.46. The molecule has 0 atom stereocenters. The van der Waals surface area contributed by atoms with Gasteiger partial charge in [-0.15, -0.1) is 0 Å². The summed E-state index contributed by atoms with van der Waals surface area (Å²) in [6, 6.07) is 0. The highest BCUT2D eigenvalue weighted by molar-refractivity contribution is 6.40. The minimum atomic E-state index is -1.33. The summed E-state index contributed by atoms with van der Waals surface area (Å²) in [6.07, 6.45) is -0.0671. The molecule has 1 radical (unpaired) electrons. The Hall–Kier alpha value is -1.19. The molecule has 0 bridgehead atoms. The number of carbonyl (C=O) groups excluding carboxylic acids is 2. The molecule has 0 fully saturated rings. The number of rotatable bonds is 1. The smallest absolute Gasteiger partial charge is 0.297 e. The van der Waals surface area contributed by atoms with Crippen LogP contribution in [0.4, 0.5) is 0 Å². The highest BCUT2D eigenvalue weighted by atomic mass is 16.4. The summed E-state index contributed by atoms with van der Waals surface area (Å²) < 4.78 is 0. The summed E-state index contributed by atoms with van der Waals surface area (Å²) in [6.45, 7) is 0.00329. The van der Waals surface area contributed by atoms with E-state index < -0.39 is 5.97 Å². The Morgan fingerprint density at radius 2 is 2.22 bits per heavy atom. The van der Waals surface area contributed by atoms with Crippen LogP contribution in [0.15, 0.2) is 4.99 Å². The summed E-state index contributed by atoms with van der Waals surface area (Å²) in [4.78, 5) is 23.7. The SMILES string of the molecule is [O]C(=O)C1=NCC(=O)C1. The topological polar surface area (TPSA) is 66.4 Å². The van der Waals surface area contributed by atoms with Crippen molar-refractivity contribution in [3.63, 3.8) is 0 Å². The van der Waals surface area contributed by atoms with Gasteiger partial charge < -0.3 is 0 Å². The third-order valence-electron chi connectivity index (χ3n) is 1.05. The van der Waals surface area contributed by atoms with Gasteiger partial charge in [-0.2, -0.15) is 0 Å². The van der Waals surface area contributed by atoms with Gasteiger partial charge in [-0.3, -0.25) is 9.79 Å². The number of Topliss-reactive ketones (excluding diaryl/α,β-unsaturated/α-hetero) is 1. The van der Waals surface area contributed by atoms with Crippen molar-refractivity contribution in [3.05, 3.63) is 0 Å². The molecule has 0 spiro atoms. The molecule has 0 aromatic rings. The first kappa shape index (κ1) is 5.94. The number of hydrogen-bond acceptors (Lipinski definition) is 3. The Morgan fingerprint density at radius 1 is 1.56 bits per heavy atom. The van der Waals surface area contributed by atoms with Crippen LogP contribution in [0.3, 0.4) is 0 Å². The molecule has 0 amide bonds. The van der Waals surface area contributed by atoms with Gasteiger partial charge in [-0.05, 0) is 0 Å². The highest BCUT2D eigenvalue weighted by Gasteiger charge is 2.21. The molecule has 47 valence electrons. The molecular formula is C5H4NO3. The van der Waals surface area contributed by atoms with Crippen molar-refractivity contribution in [2.45, 2.75) is 6.42 Å². The van der Waals surface area contributed by atoms with Gasteiger partial charge in [0.1, 0.15) is 5.71 Å². The molecule has 1 aliphatic rings. The Labute approximate surface area is 51.2 Å². The van der Waals surface area contributed by atoms with Crippen molar-refractivity contribution in [1.82, 2.24) is 0 Å². The molecule has 0 N–H and O–H groups in total. The number of carbonyl (C=O) groups is 2. The van der Waals surface area contributed by atoms with Crippen LogP contribution in [0.25, 0.3) is 0 Å². The lowest BCUT2D eigenvalue weighted by atomic mass is 10.2. The van der Waals surface area contributed by atoms with E-state index in [1.54, 1.807) is 0 Å². The van der Waals surface area contributed by atoms with Crippen LogP contribution in [-0.4, -0.2) is 24.0 Å². The molecule has 1 heterocycles. The third-order valence-corrected chi connectivity index (χ3v) is 1.05. The molecule has 0 aromatic heterocycles. The fraction of sp³-hybridized carbons (Fsp3) is 0.400. The molecule has 0 aromatic carbocycles. The van der Waals surface area contributed by atoms with Crippen LogP contribution >= 0.6 is 0 Å². The minimum absolute atomic E-state index is 0.00329. The zero-order valence-corrected chi connectivity index (χ0v) is 4.59. The second-order valence-electron chi connectivity index (χ2n) is 1.77. The number of hydrogen-bond donors (Lipinski definition) is 0. The molecule has 0 aliphatic carbocycles. The van der Waals surface area contributed by atoms with Gasteiger partial charge >= 0.3 is 5.97 Å². The normalized spacial score (nSPS) is 17.8. The van der Waals surface area contributed by atoms with E-state index in [-0.39, 0.29) is 24.5 Å². The van der Waals surface area contributed by atoms with Crippen LogP contribution in [0.2, 0.25) is 0 Å². The average Bonchev–Trinajstić information content (AvgIpc) is 2.14. The summed E-state index contributed by atoms with van der Waals surface area (Å²) in [5.74, 6) is -1.49. The minimum Gasteiger partial charge on any atom is -0.297 e. The van der Waals surface area contributed by atoms with Gasteiger partial charge in [-0.25, -0.2) is 9.90 Å². The van der Waals surface area contributed by atoms with Crippen LogP contribution < -0.4 is 0 Å². The zero-order chi connectivity index (χ0) is 6.85. The van der Waals surface area contributed by atoms with Crippen molar-refractivity contribution in [2.24, 2.45) is 4.99 Å². The summed E-state index contributed by atoms with van der Waals surface area (Å²) >= 11 is 0. The van der Waals surface area contributed by atoms with Crippen LogP contribution in [0.5, 0.6) is 0 Å². The van der Waals surface area contributed by atoms with E-state index in [0.29, 0.717) is 0 Å². The Bertz CT molecular complexity index is 194. The maximum absolute atomic E-state index is 10.4. The van der Waals surface area contributed by atoms with Crippen molar-refractivity contribution >= 4 is 17.5 Å². The summed E-state index contributed by atoms with van der Waals surface area (Å²) in [5, 5.41) is 9.95. The second kappa shape index (κ2) is 1.97. The van der Waals surface area contributed by atoms with E-state index >= 15 is 0 Å². The van der Waals surface area contributed by atoms with Gasteiger partial charge in [0, 0.05) is 0 Å². The molecule has 0 saturated carbocycles. The standard InChI is InChI=1S/C5H4NO3/c7-3-1-4(5(8)9)6-2-3/h1-2H2. The third kappa shape index (κ3) is 1.13. The van der Waals surface area contributed by atoms with Crippen LogP contribution in [0, 0.1) is 0 Å².